The molecule has 1 aliphatic rings. The van der Waals surface area contributed by atoms with Crippen molar-refractivity contribution in [2.75, 3.05) is 32.7 Å². The number of benzene rings is 1. The number of carbonyl (C=O) groups excluding carboxylic acids is 1. The predicted octanol–water partition coefficient (Wildman–Crippen LogP) is 3.62. The molecule has 0 bridgehead atoms. The molecule has 1 aliphatic heterocycles. The van der Waals surface area contributed by atoms with Gasteiger partial charge in [0.2, 0.25) is 5.91 Å². The Kier molecular flexibility index (Phi) is 9.27. The van der Waals surface area contributed by atoms with Crippen LogP contribution in [0.3, 0.4) is 0 Å². The summed E-state index contributed by atoms with van der Waals surface area (Å²) in [5.74, 6) is 0.624. The van der Waals surface area contributed by atoms with E-state index in [0.29, 0.717) is 5.91 Å². The minimum Gasteiger partial charge on any atom is -0.343 e. The molecule has 0 spiro atoms. The molecule has 0 saturated carbocycles. The number of aryl methyl sites for hydroxylation is 1. The standard InChI is InChI=1S/C19H30N2O.ClH/c1-3-21(4-2)19(22)18-12-15-20(16-13-18)14-8-11-17-9-6-5-7-10-17;/h5-7,9-10,18H,3-4,8,11-16H2,1-2H3;1H. The van der Waals surface area contributed by atoms with E-state index in [9.17, 15) is 4.79 Å². The van der Waals surface area contributed by atoms with E-state index in [2.05, 4.69) is 49.1 Å². The normalized spacial score (nSPS) is 15.9. The largest absolute Gasteiger partial charge is 0.343 e. The molecule has 1 amide bonds. The van der Waals surface area contributed by atoms with Crippen molar-refractivity contribution >= 4 is 18.3 Å². The molecular weight excluding hydrogens is 308 g/mol. The van der Waals surface area contributed by atoms with Crippen LogP contribution in [0.15, 0.2) is 30.3 Å². The molecule has 1 heterocycles. The monoisotopic (exact) mass is 338 g/mol. The Bertz CT molecular complexity index is 440. The molecule has 23 heavy (non-hydrogen) atoms. The van der Waals surface area contributed by atoms with Crippen molar-refractivity contribution in [2.24, 2.45) is 5.92 Å². The third-order valence-electron chi connectivity index (χ3n) is 4.79. The number of hydrogen-bond donors (Lipinski definition) is 0. The molecule has 0 aromatic heterocycles. The van der Waals surface area contributed by atoms with Gasteiger partial charge in [0, 0.05) is 19.0 Å². The van der Waals surface area contributed by atoms with E-state index in [1.807, 2.05) is 4.90 Å². The van der Waals surface area contributed by atoms with Gasteiger partial charge in [-0.25, -0.2) is 0 Å². The second-order valence-electron chi connectivity index (χ2n) is 6.22. The fourth-order valence-corrected chi connectivity index (χ4v) is 3.35. The second-order valence-corrected chi connectivity index (χ2v) is 6.22. The van der Waals surface area contributed by atoms with E-state index < -0.39 is 0 Å². The summed E-state index contributed by atoms with van der Waals surface area (Å²) in [5, 5.41) is 0. The van der Waals surface area contributed by atoms with Crippen LogP contribution >= 0.6 is 12.4 Å². The van der Waals surface area contributed by atoms with Crippen molar-refractivity contribution in [3.05, 3.63) is 35.9 Å². The summed E-state index contributed by atoms with van der Waals surface area (Å²) in [6.07, 6.45) is 4.42. The lowest BCUT2D eigenvalue weighted by molar-refractivity contribution is -0.136. The number of halogens is 1. The van der Waals surface area contributed by atoms with Crippen LogP contribution in [-0.4, -0.2) is 48.4 Å². The van der Waals surface area contributed by atoms with Crippen molar-refractivity contribution in [3.8, 4) is 0 Å². The minimum absolute atomic E-state index is 0. The van der Waals surface area contributed by atoms with Crippen LogP contribution in [0.1, 0.15) is 38.7 Å². The summed E-state index contributed by atoms with van der Waals surface area (Å²) in [5.41, 5.74) is 1.43. The smallest absolute Gasteiger partial charge is 0.225 e. The van der Waals surface area contributed by atoms with E-state index in [1.165, 1.54) is 12.0 Å². The van der Waals surface area contributed by atoms with Gasteiger partial charge in [-0.05, 0) is 64.7 Å². The Labute approximate surface area is 147 Å². The first-order valence-corrected chi connectivity index (χ1v) is 8.79. The van der Waals surface area contributed by atoms with Crippen molar-refractivity contribution in [3.63, 3.8) is 0 Å². The Balaban J connectivity index is 0.00000264. The Morgan fingerprint density at radius 2 is 1.74 bits per heavy atom. The molecule has 0 unspecified atom stereocenters. The molecule has 0 N–H and O–H groups in total. The van der Waals surface area contributed by atoms with Gasteiger partial charge in [-0.3, -0.25) is 4.79 Å². The van der Waals surface area contributed by atoms with Crippen LogP contribution in [0, 0.1) is 5.92 Å². The molecule has 0 radical (unpaired) electrons. The number of rotatable bonds is 7. The third-order valence-corrected chi connectivity index (χ3v) is 4.79. The Morgan fingerprint density at radius 1 is 1.13 bits per heavy atom. The third kappa shape index (κ3) is 6.15. The summed E-state index contributed by atoms with van der Waals surface area (Å²) in [7, 11) is 0. The molecular formula is C19H31ClN2O. The zero-order valence-corrected chi connectivity index (χ0v) is 15.4. The highest BCUT2D eigenvalue weighted by Gasteiger charge is 2.27. The van der Waals surface area contributed by atoms with Crippen LogP contribution in [0.5, 0.6) is 0 Å². The minimum atomic E-state index is 0. The lowest BCUT2D eigenvalue weighted by Gasteiger charge is -2.33. The van der Waals surface area contributed by atoms with Gasteiger partial charge >= 0.3 is 0 Å². The molecule has 1 aromatic rings. The fourth-order valence-electron chi connectivity index (χ4n) is 3.35. The van der Waals surface area contributed by atoms with Crippen LogP contribution in [0.2, 0.25) is 0 Å². The first-order chi connectivity index (χ1) is 10.7. The van der Waals surface area contributed by atoms with Crippen LogP contribution in [0.4, 0.5) is 0 Å². The average Bonchev–Trinajstić information content (AvgIpc) is 2.57. The zero-order chi connectivity index (χ0) is 15.8. The fraction of sp³-hybridized carbons (Fsp3) is 0.632. The maximum absolute atomic E-state index is 12.4. The number of amides is 1. The molecule has 0 atom stereocenters. The van der Waals surface area contributed by atoms with E-state index in [1.54, 1.807) is 0 Å². The van der Waals surface area contributed by atoms with Gasteiger partial charge in [0.1, 0.15) is 0 Å². The van der Waals surface area contributed by atoms with E-state index in [0.717, 1.165) is 52.0 Å². The van der Waals surface area contributed by atoms with Crippen molar-refractivity contribution in [1.29, 1.82) is 0 Å². The molecule has 0 aliphatic carbocycles. The summed E-state index contributed by atoms with van der Waals surface area (Å²) in [6, 6.07) is 10.7. The van der Waals surface area contributed by atoms with E-state index in [4.69, 9.17) is 0 Å². The van der Waals surface area contributed by atoms with Gasteiger partial charge in [0.05, 0.1) is 0 Å². The highest BCUT2D eigenvalue weighted by atomic mass is 35.5. The molecule has 1 saturated heterocycles. The van der Waals surface area contributed by atoms with Gasteiger partial charge < -0.3 is 9.80 Å². The Hall–Kier alpha value is -1.06. The van der Waals surface area contributed by atoms with Gasteiger partial charge in [-0.15, -0.1) is 12.4 Å². The second kappa shape index (κ2) is 10.7. The average molecular weight is 339 g/mol. The molecule has 2 rings (SSSR count). The lowest BCUT2D eigenvalue weighted by atomic mass is 9.95. The number of hydrogen-bond acceptors (Lipinski definition) is 2. The zero-order valence-electron chi connectivity index (χ0n) is 14.5. The quantitative estimate of drug-likeness (QED) is 0.758. The number of piperidine rings is 1. The summed E-state index contributed by atoms with van der Waals surface area (Å²) < 4.78 is 0. The van der Waals surface area contributed by atoms with Crippen molar-refractivity contribution < 1.29 is 4.79 Å². The maximum Gasteiger partial charge on any atom is 0.225 e. The van der Waals surface area contributed by atoms with Crippen molar-refractivity contribution in [2.45, 2.75) is 39.5 Å². The highest BCUT2D eigenvalue weighted by Crippen LogP contribution is 2.20. The van der Waals surface area contributed by atoms with Gasteiger partial charge in [0.15, 0.2) is 0 Å². The van der Waals surface area contributed by atoms with Crippen LogP contribution in [0.25, 0.3) is 0 Å². The van der Waals surface area contributed by atoms with E-state index >= 15 is 0 Å². The Morgan fingerprint density at radius 3 is 2.30 bits per heavy atom. The van der Waals surface area contributed by atoms with Gasteiger partial charge in [0.25, 0.3) is 0 Å². The molecule has 130 valence electrons. The number of carbonyl (C=O) groups is 1. The van der Waals surface area contributed by atoms with E-state index in [-0.39, 0.29) is 18.3 Å². The SMILES string of the molecule is CCN(CC)C(=O)C1CCN(CCCc2ccccc2)CC1.Cl. The summed E-state index contributed by atoms with van der Waals surface area (Å²) in [4.78, 5) is 16.9. The maximum atomic E-state index is 12.4. The summed E-state index contributed by atoms with van der Waals surface area (Å²) >= 11 is 0. The lowest BCUT2D eigenvalue weighted by Crippen LogP contribution is -2.42. The number of likely N-dealkylation sites (tertiary alicyclic amines) is 1. The van der Waals surface area contributed by atoms with Gasteiger partial charge in [-0.2, -0.15) is 0 Å². The topological polar surface area (TPSA) is 23.6 Å². The number of nitrogens with zero attached hydrogens (tertiary/aromatic N) is 2. The molecule has 1 aromatic carbocycles. The van der Waals surface area contributed by atoms with Crippen LogP contribution in [-0.2, 0) is 11.2 Å². The predicted molar refractivity (Wildman–Crippen MR) is 99.1 cm³/mol. The molecule has 4 heteroatoms. The highest BCUT2D eigenvalue weighted by molar-refractivity contribution is 5.85. The summed E-state index contributed by atoms with van der Waals surface area (Å²) in [6.45, 7) is 9.12. The first kappa shape index (κ1) is 20.0. The van der Waals surface area contributed by atoms with Crippen molar-refractivity contribution in [1.82, 2.24) is 9.80 Å². The van der Waals surface area contributed by atoms with Crippen LogP contribution < -0.4 is 0 Å². The first-order valence-electron chi connectivity index (χ1n) is 8.79. The molecule has 3 nitrogen and oxygen atoms in total. The van der Waals surface area contributed by atoms with Gasteiger partial charge in [-0.1, -0.05) is 30.3 Å². The molecule has 1 fully saturated rings.